The van der Waals surface area contributed by atoms with Gasteiger partial charge in [0.2, 0.25) is 0 Å². The number of esters is 1. The smallest absolute Gasteiger partial charge is 0.377 e. The molecule has 2 fully saturated rings. The number of aliphatic hydroxyl groups excluding tert-OH is 1. The Morgan fingerprint density at radius 2 is 2.06 bits per heavy atom. The third-order valence-corrected chi connectivity index (χ3v) is 3.51. The molecule has 2 N–H and O–H groups in total. The normalized spacial score (nSPS) is 30.2. The summed E-state index contributed by atoms with van der Waals surface area (Å²) in [6.45, 7) is 1.08. The first kappa shape index (κ1) is 13.6. The first-order valence-corrected chi connectivity index (χ1v) is 6.00. The van der Waals surface area contributed by atoms with Gasteiger partial charge in [0.1, 0.15) is 6.10 Å². The molecule has 2 heterocycles. The van der Waals surface area contributed by atoms with Gasteiger partial charge in [0.25, 0.3) is 0 Å². The summed E-state index contributed by atoms with van der Waals surface area (Å²) in [5.74, 6) is -4.84. The van der Waals surface area contributed by atoms with Crippen LogP contribution in [0, 0.1) is 0 Å². The van der Waals surface area contributed by atoms with Gasteiger partial charge in [0, 0.05) is 25.3 Å². The van der Waals surface area contributed by atoms with Gasteiger partial charge in [-0.1, -0.05) is 0 Å². The Morgan fingerprint density at radius 3 is 2.56 bits per heavy atom. The van der Waals surface area contributed by atoms with E-state index in [1.54, 1.807) is 0 Å². The number of hydrogen-bond acceptors (Lipinski definition) is 5. The van der Waals surface area contributed by atoms with Gasteiger partial charge in [0.05, 0.1) is 13.0 Å². The lowest BCUT2D eigenvalue weighted by Crippen LogP contribution is -2.54. The lowest BCUT2D eigenvalue weighted by atomic mass is 9.90. The van der Waals surface area contributed by atoms with Crippen molar-refractivity contribution in [1.82, 2.24) is 5.32 Å². The quantitative estimate of drug-likeness (QED) is 0.704. The standard InChI is InChI=1S/C11H17F2NO4/c12-11(13)5-8(18-9(11)16)6-14-10(7-15)1-3-17-4-2-10/h8,14-15H,1-7H2. The SMILES string of the molecule is O=C1OC(CNC2(CO)CCOCC2)CC1(F)F. The fourth-order valence-corrected chi connectivity index (χ4v) is 2.25. The number of carbonyl (C=O) groups excluding carboxylic acids is 1. The molecule has 104 valence electrons. The third-order valence-electron chi connectivity index (χ3n) is 3.51. The number of alkyl halides is 2. The number of nitrogens with one attached hydrogen (secondary N) is 1. The van der Waals surface area contributed by atoms with Crippen LogP contribution in [0.3, 0.4) is 0 Å². The van der Waals surface area contributed by atoms with Gasteiger partial charge in [-0.05, 0) is 12.8 Å². The monoisotopic (exact) mass is 265 g/mol. The van der Waals surface area contributed by atoms with Crippen LogP contribution in [0.5, 0.6) is 0 Å². The van der Waals surface area contributed by atoms with Crippen molar-refractivity contribution >= 4 is 5.97 Å². The highest BCUT2D eigenvalue weighted by atomic mass is 19.3. The van der Waals surface area contributed by atoms with Crippen molar-refractivity contribution in [3.63, 3.8) is 0 Å². The summed E-state index contributed by atoms with van der Waals surface area (Å²) in [4.78, 5) is 10.8. The molecule has 0 spiro atoms. The van der Waals surface area contributed by atoms with E-state index < -0.39 is 30.0 Å². The van der Waals surface area contributed by atoms with E-state index in [4.69, 9.17) is 4.74 Å². The van der Waals surface area contributed by atoms with Crippen LogP contribution in [0.15, 0.2) is 0 Å². The summed E-state index contributed by atoms with van der Waals surface area (Å²) in [7, 11) is 0. The minimum absolute atomic E-state index is 0.0899. The van der Waals surface area contributed by atoms with Crippen LogP contribution in [0.4, 0.5) is 8.78 Å². The summed E-state index contributed by atoms with van der Waals surface area (Å²) in [5, 5.41) is 12.4. The average Bonchev–Trinajstić information content (AvgIpc) is 2.62. The molecule has 0 saturated carbocycles. The molecule has 2 aliphatic rings. The van der Waals surface area contributed by atoms with Crippen LogP contribution in [-0.2, 0) is 14.3 Å². The Bertz CT molecular complexity index is 318. The molecule has 18 heavy (non-hydrogen) atoms. The summed E-state index contributed by atoms with van der Waals surface area (Å²) in [6.07, 6.45) is -0.211. The molecule has 1 unspecified atom stereocenters. The van der Waals surface area contributed by atoms with Crippen molar-refractivity contribution in [2.75, 3.05) is 26.4 Å². The number of rotatable bonds is 4. The molecule has 0 aromatic rings. The zero-order chi connectivity index (χ0) is 13.2. The number of hydrogen-bond donors (Lipinski definition) is 2. The molecule has 0 amide bonds. The zero-order valence-corrected chi connectivity index (χ0v) is 9.95. The van der Waals surface area contributed by atoms with E-state index in [2.05, 4.69) is 10.1 Å². The highest BCUT2D eigenvalue weighted by Crippen LogP contribution is 2.31. The molecular formula is C11H17F2NO4. The van der Waals surface area contributed by atoms with Crippen LogP contribution in [0.25, 0.3) is 0 Å². The highest BCUT2D eigenvalue weighted by Gasteiger charge is 2.51. The Balaban J connectivity index is 1.86. The van der Waals surface area contributed by atoms with E-state index in [1.807, 2.05) is 0 Å². The van der Waals surface area contributed by atoms with Crippen molar-refractivity contribution < 1.29 is 28.2 Å². The van der Waals surface area contributed by atoms with Gasteiger partial charge in [-0.15, -0.1) is 0 Å². The molecule has 7 heteroatoms. The van der Waals surface area contributed by atoms with Crippen molar-refractivity contribution in [3.8, 4) is 0 Å². The largest absolute Gasteiger partial charge is 0.456 e. The molecular weight excluding hydrogens is 248 g/mol. The maximum absolute atomic E-state index is 13.0. The van der Waals surface area contributed by atoms with Gasteiger partial charge < -0.3 is 19.9 Å². The molecule has 2 saturated heterocycles. The van der Waals surface area contributed by atoms with Gasteiger partial charge in [0.15, 0.2) is 0 Å². The molecule has 0 aromatic carbocycles. The number of aliphatic hydroxyl groups is 1. The lowest BCUT2D eigenvalue weighted by molar-refractivity contribution is -0.159. The summed E-state index contributed by atoms with van der Waals surface area (Å²) in [6, 6.07) is 0. The van der Waals surface area contributed by atoms with Crippen LogP contribution >= 0.6 is 0 Å². The number of carbonyl (C=O) groups is 1. The summed E-state index contributed by atoms with van der Waals surface area (Å²) >= 11 is 0. The fraction of sp³-hybridized carbons (Fsp3) is 0.909. The Kier molecular flexibility index (Phi) is 3.84. The van der Waals surface area contributed by atoms with Gasteiger partial charge in [-0.25, -0.2) is 4.79 Å². The lowest BCUT2D eigenvalue weighted by Gasteiger charge is -2.37. The van der Waals surface area contributed by atoms with Crippen LogP contribution in [0.2, 0.25) is 0 Å². The minimum Gasteiger partial charge on any atom is -0.456 e. The van der Waals surface area contributed by atoms with Crippen molar-refractivity contribution in [2.24, 2.45) is 0 Å². The Hall–Kier alpha value is -0.790. The maximum Gasteiger partial charge on any atom is 0.377 e. The molecule has 0 radical (unpaired) electrons. The van der Waals surface area contributed by atoms with E-state index in [0.717, 1.165) is 0 Å². The second-order valence-electron chi connectivity index (χ2n) is 4.87. The second-order valence-corrected chi connectivity index (χ2v) is 4.87. The third kappa shape index (κ3) is 2.78. The van der Waals surface area contributed by atoms with E-state index in [9.17, 15) is 18.7 Å². The van der Waals surface area contributed by atoms with Crippen molar-refractivity contribution in [3.05, 3.63) is 0 Å². The Morgan fingerprint density at radius 1 is 1.39 bits per heavy atom. The summed E-state index contributed by atoms with van der Waals surface area (Å²) in [5.41, 5.74) is -0.511. The molecule has 0 aliphatic carbocycles. The molecule has 2 rings (SSSR count). The minimum atomic E-state index is -3.38. The van der Waals surface area contributed by atoms with E-state index in [-0.39, 0.29) is 13.2 Å². The van der Waals surface area contributed by atoms with Crippen molar-refractivity contribution in [2.45, 2.75) is 36.8 Å². The number of ether oxygens (including phenoxy) is 2. The van der Waals surface area contributed by atoms with Crippen LogP contribution in [-0.4, -0.2) is 55.0 Å². The molecule has 0 bridgehead atoms. The zero-order valence-electron chi connectivity index (χ0n) is 9.95. The fourth-order valence-electron chi connectivity index (χ4n) is 2.25. The maximum atomic E-state index is 13.0. The van der Waals surface area contributed by atoms with Crippen LogP contribution < -0.4 is 5.32 Å². The molecule has 5 nitrogen and oxygen atoms in total. The van der Waals surface area contributed by atoms with Gasteiger partial charge in [-0.3, -0.25) is 0 Å². The van der Waals surface area contributed by atoms with Gasteiger partial charge >= 0.3 is 11.9 Å². The first-order valence-electron chi connectivity index (χ1n) is 6.00. The molecule has 2 aliphatic heterocycles. The molecule has 1 atom stereocenters. The van der Waals surface area contributed by atoms with Crippen LogP contribution in [0.1, 0.15) is 19.3 Å². The average molecular weight is 265 g/mol. The van der Waals surface area contributed by atoms with E-state index in [1.165, 1.54) is 0 Å². The number of halogens is 2. The predicted molar refractivity (Wildman–Crippen MR) is 57.3 cm³/mol. The molecule has 0 aromatic heterocycles. The van der Waals surface area contributed by atoms with Crippen molar-refractivity contribution in [1.29, 1.82) is 0 Å². The van der Waals surface area contributed by atoms with Gasteiger partial charge in [-0.2, -0.15) is 8.78 Å². The summed E-state index contributed by atoms with van der Waals surface area (Å²) < 4.78 is 35.7. The second kappa shape index (κ2) is 5.07. The highest BCUT2D eigenvalue weighted by molar-refractivity contribution is 5.79. The predicted octanol–water partition coefficient (Wildman–Crippen LogP) is 0.0683. The number of cyclic esters (lactones) is 1. The first-order chi connectivity index (χ1) is 8.47. The van der Waals surface area contributed by atoms with E-state index >= 15 is 0 Å². The van der Waals surface area contributed by atoms with E-state index in [0.29, 0.717) is 26.1 Å². The topological polar surface area (TPSA) is 67.8 Å². The Labute approximate surface area is 103 Å².